The van der Waals surface area contributed by atoms with Crippen molar-refractivity contribution in [2.24, 2.45) is 0 Å². The Morgan fingerprint density at radius 2 is 2.32 bits per heavy atom. The van der Waals surface area contributed by atoms with Gasteiger partial charge in [0.05, 0.1) is 16.0 Å². The van der Waals surface area contributed by atoms with Crippen LogP contribution in [0.5, 0.6) is 0 Å². The maximum atomic E-state index is 12.0. The standard InChI is InChI=1S/C13H22N2O2S2/c1-10(14-2)7-11-9-15-13(18-11)8-12-5-3-4-6-19(12,16)17/h9-10,12,14H,3-8H2,1-2H3. The lowest BCUT2D eigenvalue weighted by Gasteiger charge is -2.21. The fourth-order valence-corrected chi connectivity index (χ4v) is 5.50. The molecule has 0 aromatic carbocycles. The topological polar surface area (TPSA) is 59.1 Å². The van der Waals surface area contributed by atoms with Crippen LogP contribution in [0.1, 0.15) is 36.1 Å². The van der Waals surface area contributed by atoms with Gasteiger partial charge in [0, 0.05) is 23.5 Å². The van der Waals surface area contributed by atoms with E-state index in [-0.39, 0.29) is 5.25 Å². The highest BCUT2D eigenvalue weighted by molar-refractivity contribution is 7.92. The van der Waals surface area contributed by atoms with Crippen LogP contribution in [0.4, 0.5) is 0 Å². The number of nitrogens with one attached hydrogen (secondary N) is 1. The average Bonchev–Trinajstić information content (AvgIpc) is 2.79. The molecule has 0 aliphatic carbocycles. The summed E-state index contributed by atoms with van der Waals surface area (Å²) in [4.78, 5) is 5.62. The van der Waals surface area contributed by atoms with E-state index in [0.717, 1.165) is 30.7 Å². The number of thiazole rings is 1. The van der Waals surface area contributed by atoms with Gasteiger partial charge in [-0.25, -0.2) is 13.4 Å². The quantitative estimate of drug-likeness (QED) is 0.901. The summed E-state index contributed by atoms with van der Waals surface area (Å²) in [5.74, 6) is 0.354. The highest BCUT2D eigenvalue weighted by Gasteiger charge is 2.29. The maximum absolute atomic E-state index is 12.0. The van der Waals surface area contributed by atoms with Crippen molar-refractivity contribution < 1.29 is 8.42 Å². The second-order valence-electron chi connectivity index (χ2n) is 5.30. The molecular formula is C13H22N2O2S2. The Balaban J connectivity index is 1.99. The van der Waals surface area contributed by atoms with E-state index in [2.05, 4.69) is 17.2 Å². The van der Waals surface area contributed by atoms with Crippen LogP contribution in [0, 0.1) is 0 Å². The number of sulfone groups is 1. The van der Waals surface area contributed by atoms with E-state index in [1.807, 2.05) is 13.2 Å². The molecule has 0 amide bonds. The number of likely N-dealkylation sites (N-methyl/N-ethyl adjacent to an activating group) is 1. The fraction of sp³-hybridized carbons (Fsp3) is 0.769. The highest BCUT2D eigenvalue weighted by Crippen LogP contribution is 2.25. The van der Waals surface area contributed by atoms with Crippen LogP contribution in [0.2, 0.25) is 0 Å². The minimum absolute atomic E-state index is 0.207. The Bertz CT molecular complexity index is 510. The monoisotopic (exact) mass is 302 g/mol. The predicted octanol–water partition coefficient (Wildman–Crippen LogP) is 1.80. The van der Waals surface area contributed by atoms with Gasteiger partial charge in [0.15, 0.2) is 9.84 Å². The second kappa shape index (κ2) is 6.33. The lowest BCUT2D eigenvalue weighted by atomic mass is 10.1. The maximum Gasteiger partial charge on any atom is 0.153 e. The molecule has 0 bridgehead atoms. The van der Waals surface area contributed by atoms with Crippen molar-refractivity contribution in [2.45, 2.75) is 50.3 Å². The number of rotatable bonds is 5. The van der Waals surface area contributed by atoms with Crippen LogP contribution in [-0.4, -0.2) is 37.5 Å². The van der Waals surface area contributed by atoms with Gasteiger partial charge >= 0.3 is 0 Å². The van der Waals surface area contributed by atoms with Crippen molar-refractivity contribution in [1.29, 1.82) is 0 Å². The molecular weight excluding hydrogens is 280 g/mol. The van der Waals surface area contributed by atoms with E-state index in [1.165, 1.54) is 4.88 Å². The molecule has 1 aromatic heterocycles. The zero-order valence-corrected chi connectivity index (χ0v) is 13.2. The third kappa shape index (κ3) is 4.00. The molecule has 2 unspecified atom stereocenters. The van der Waals surface area contributed by atoms with Gasteiger partial charge in [-0.3, -0.25) is 0 Å². The van der Waals surface area contributed by atoms with Gasteiger partial charge in [-0.2, -0.15) is 0 Å². The Labute approximate surface area is 119 Å². The molecule has 108 valence electrons. The van der Waals surface area contributed by atoms with Crippen molar-refractivity contribution in [3.8, 4) is 0 Å². The highest BCUT2D eigenvalue weighted by atomic mass is 32.2. The van der Waals surface area contributed by atoms with Gasteiger partial charge in [0.1, 0.15) is 0 Å². The van der Waals surface area contributed by atoms with Gasteiger partial charge in [0.25, 0.3) is 0 Å². The van der Waals surface area contributed by atoms with Gasteiger partial charge in [-0.1, -0.05) is 6.42 Å². The molecule has 1 aliphatic rings. The predicted molar refractivity (Wildman–Crippen MR) is 79.5 cm³/mol. The molecule has 19 heavy (non-hydrogen) atoms. The molecule has 0 spiro atoms. The number of hydrogen-bond donors (Lipinski definition) is 1. The molecule has 1 saturated heterocycles. The SMILES string of the molecule is CNC(C)Cc1cnc(CC2CCCCS2(=O)=O)s1. The minimum atomic E-state index is -2.89. The minimum Gasteiger partial charge on any atom is -0.317 e. The van der Waals surface area contributed by atoms with Crippen LogP contribution in [0.15, 0.2) is 6.20 Å². The summed E-state index contributed by atoms with van der Waals surface area (Å²) in [5, 5.41) is 3.96. The molecule has 4 nitrogen and oxygen atoms in total. The summed E-state index contributed by atoms with van der Waals surface area (Å²) in [6.07, 6.45) is 6.08. The Morgan fingerprint density at radius 3 is 3.00 bits per heavy atom. The number of aromatic nitrogens is 1. The first-order valence-corrected chi connectivity index (χ1v) is 9.37. The van der Waals surface area contributed by atoms with E-state index in [9.17, 15) is 8.42 Å². The van der Waals surface area contributed by atoms with Crippen molar-refractivity contribution in [3.05, 3.63) is 16.1 Å². The van der Waals surface area contributed by atoms with Crippen LogP contribution in [-0.2, 0) is 22.7 Å². The zero-order valence-electron chi connectivity index (χ0n) is 11.6. The van der Waals surface area contributed by atoms with Crippen molar-refractivity contribution in [1.82, 2.24) is 10.3 Å². The first-order chi connectivity index (χ1) is 9.01. The summed E-state index contributed by atoms with van der Waals surface area (Å²) in [6.45, 7) is 2.13. The van der Waals surface area contributed by atoms with E-state index < -0.39 is 9.84 Å². The van der Waals surface area contributed by atoms with Crippen molar-refractivity contribution >= 4 is 21.2 Å². The molecule has 1 aliphatic heterocycles. The van der Waals surface area contributed by atoms with E-state index in [0.29, 0.717) is 18.2 Å². The van der Waals surface area contributed by atoms with Crippen LogP contribution < -0.4 is 5.32 Å². The fourth-order valence-electron chi connectivity index (χ4n) is 2.39. The van der Waals surface area contributed by atoms with Gasteiger partial charge in [-0.05, 0) is 33.2 Å². The van der Waals surface area contributed by atoms with E-state index >= 15 is 0 Å². The lowest BCUT2D eigenvalue weighted by Crippen LogP contribution is -2.30. The molecule has 1 aromatic rings. The van der Waals surface area contributed by atoms with Crippen molar-refractivity contribution in [2.75, 3.05) is 12.8 Å². The second-order valence-corrected chi connectivity index (χ2v) is 8.90. The largest absolute Gasteiger partial charge is 0.317 e. The first kappa shape index (κ1) is 14.9. The molecule has 1 fully saturated rings. The van der Waals surface area contributed by atoms with Crippen LogP contribution >= 0.6 is 11.3 Å². The third-order valence-corrected chi connectivity index (χ3v) is 7.03. The van der Waals surface area contributed by atoms with Crippen molar-refractivity contribution in [3.63, 3.8) is 0 Å². The molecule has 2 atom stereocenters. The van der Waals surface area contributed by atoms with Gasteiger partial charge < -0.3 is 5.32 Å². The Morgan fingerprint density at radius 1 is 1.53 bits per heavy atom. The zero-order chi connectivity index (χ0) is 13.9. The third-order valence-electron chi connectivity index (χ3n) is 3.72. The summed E-state index contributed by atoms with van der Waals surface area (Å²) >= 11 is 1.66. The normalized spacial score (nSPS) is 24.2. The van der Waals surface area contributed by atoms with Gasteiger partial charge in [0.2, 0.25) is 0 Å². The summed E-state index contributed by atoms with van der Waals surface area (Å²) in [7, 11) is -0.940. The van der Waals surface area contributed by atoms with E-state index in [4.69, 9.17) is 0 Å². The molecule has 2 rings (SSSR count). The first-order valence-electron chi connectivity index (χ1n) is 6.83. The Kier molecular flexibility index (Phi) is 4.97. The van der Waals surface area contributed by atoms with Gasteiger partial charge in [-0.15, -0.1) is 11.3 Å². The number of nitrogens with zero attached hydrogens (tertiary/aromatic N) is 1. The summed E-state index contributed by atoms with van der Waals surface area (Å²) < 4.78 is 24.0. The molecule has 0 radical (unpaired) electrons. The van der Waals surface area contributed by atoms with Crippen LogP contribution in [0.3, 0.4) is 0 Å². The average molecular weight is 302 g/mol. The summed E-state index contributed by atoms with van der Waals surface area (Å²) in [5.41, 5.74) is 0. The molecule has 6 heteroatoms. The molecule has 1 N–H and O–H groups in total. The smallest absolute Gasteiger partial charge is 0.153 e. The van der Waals surface area contributed by atoms with E-state index in [1.54, 1.807) is 11.3 Å². The Hall–Kier alpha value is -0.460. The summed E-state index contributed by atoms with van der Waals surface area (Å²) in [6, 6.07) is 0.423. The molecule has 2 heterocycles. The molecule has 0 saturated carbocycles. The lowest BCUT2D eigenvalue weighted by molar-refractivity contribution is 0.537. The number of hydrogen-bond acceptors (Lipinski definition) is 5. The van der Waals surface area contributed by atoms with Crippen LogP contribution in [0.25, 0.3) is 0 Å².